The van der Waals surface area contributed by atoms with Gasteiger partial charge in [-0.05, 0) is 37.0 Å². The van der Waals surface area contributed by atoms with Gasteiger partial charge in [0, 0.05) is 43.5 Å². The molecule has 0 aliphatic carbocycles. The second-order valence-corrected chi connectivity index (χ2v) is 6.81. The summed E-state index contributed by atoms with van der Waals surface area (Å²) in [6, 6.07) is 19.7. The molecule has 23 heavy (non-hydrogen) atoms. The zero-order valence-corrected chi connectivity index (χ0v) is 13.4. The van der Waals surface area contributed by atoms with E-state index in [0.29, 0.717) is 17.8 Å². The summed E-state index contributed by atoms with van der Waals surface area (Å²) < 4.78 is 0. The van der Waals surface area contributed by atoms with Crippen molar-refractivity contribution in [3.05, 3.63) is 60.2 Å². The van der Waals surface area contributed by atoms with Crippen molar-refractivity contribution >= 4 is 5.69 Å². The molecular formula is C20H24N2O. The topological polar surface area (TPSA) is 26.7 Å². The van der Waals surface area contributed by atoms with Gasteiger partial charge in [-0.2, -0.15) is 0 Å². The average molecular weight is 308 g/mol. The molecule has 2 aliphatic heterocycles. The number of aromatic hydroxyl groups is 1. The number of nitrogens with zero attached hydrogens (tertiary/aromatic N) is 2. The molecule has 2 heterocycles. The predicted octanol–water partition coefficient (Wildman–Crippen LogP) is 3.29. The summed E-state index contributed by atoms with van der Waals surface area (Å²) in [5.74, 6) is 0.369. The zero-order chi connectivity index (χ0) is 15.6. The van der Waals surface area contributed by atoms with E-state index in [0.717, 1.165) is 26.1 Å². The minimum Gasteiger partial charge on any atom is -0.508 e. The van der Waals surface area contributed by atoms with Gasteiger partial charge in [0.05, 0.1) is 0 Å². The fourth-order valence-corrected chi connectivity index (χ4v) is 4.18. The van der Waals surface area contributed by atoms with Gasteiger partial charge in [0.2, 0.25) is 0 Å². The summed E-state index contributed by atoms with van der Waals surface area (Å²) in [5, 5.41) is 9.76. The third-order valence-corrected chi connectivity index (χ3v) is 5.25. The maximum atomic E-state index is 9.76. The van der Waals surface area contributed by atoms with Crippen LogP contribution in [-0.2, 0) is 6.42 Å². The van der Waals surface area contributed by atoms with Crippen LogP contribution in [0, 0.1) is 0 Å². The highest BCUT2D eigenvalue weighted by atomic mass is 16.3. The second-order valence-electron chi connectivity index (χ2n) is 6.81. The van der Waals surface area contributed by atoms with Crippen LogP contribution in [0.25, 0.3) is 0 Å². The highest BCUT2D eigenvalue weighted by molar-refractivity contribution is 5.53. The van der Waals surface area contributed by atoms with E-state index in [-0.39, 0.29) is 0 Å². The average Bonchev–Trinajstić information content (AvgIpc) is 2.84. The third-order valence-electron chi connectivity index (χ3n) is 5.25. The molecule has 2 unspecified atom stereocenters. The molecule has 3 nitrogen and oxygen atoms in total. The summed E-state index contributed by atoms with van der Waals surface area (Å²) >= 11 is 0. The SMILES string of the molecule is Oc1cccc(N2C3CCC2CN(CCc2ccccc2)C3)c1. The molecule has 0 radical (unpaired) electrons. The molecule has 2 atom stereocenters. The largest absolute Gasteiger partial charge is 0.508 e. The first-order valence-electron chi connectivity index (χ1n) is 8.63. The maximum absolute atomic E-state index is 9.76. The summed E-state index contributed by atoms with van der Waals surface area (Å²) in [6.07, 6.45) is 3.66. The number of piperazine rings is 1. The van der Waals surface area contributed by atoms with Crippen molar-refractivity contribution in [2.45, 2.75) is 31.3 Å². The molecule has 2 aromatic carbocycles. The molecule has 2 aromatic rings. The van der Waals surface area contributed by atoms with Gasteiger partial charge in [-0.1, -0.05) is 36.4 Å². The molecule has 3 heteroatoms. The number of hydrogen-bond acceptors (Lipinski definition) is 3. The first kappa shape index (κ1) is 14.6. The van der Waals surface area contributed by atoms with E-state index < -0.39 is 0 Å². The Labute approximate surface area is 138 Å². The first-order valence-corrected chi connectivity index (χ1v) is 8.63. The van der Waals surface area contributed by atoms with E-state index in [1.807, 2.05) is 12.1 Å². The van der Waals surface area contributed by atoms with E-state index in [9.17, 15) is 5.11 Å². The van der Waals surface area contributed by atoms with Crippen LogP contribution in [0.4, 0.5) is 5.69 Å². The van der Waals surface area contributed by atoms with Gasteiger partial charge in [0.15, 0.2) is 0 Å². The molecule has 2 bridgehead atoms. The van der Waals surface area contributed by atoms with Gasteiger partial charge < -0.3 is 10.0 Å². The Bertz CT molecular complexity index is 644. The van der Waals surface area contributed by atoms with Crippen LogP contribution in [0.1, 0.15) is 18.4 Å². The minimum absolute atomic E-state index is 0.369. The lowest BCUT2D eigenvalue weighted by atomic mass is 10.1. The van der Waals surface area contributed by atoms with Gasteiger partial charge in [-0.25, -0.2) is 0 Å². The first-order chi connectivity index (χ1) is 11.3. The zero-order valence-electron chi connectivity index (χ0n) is 13.4. The molecule has 2 fully saturated rings. The lowest BCUT2D eigenvalue weighted by molar-refractivity contribution is 0.222. The number of phenols is 1. The molecule has 0 spiro atoms. The number of likely N-dealkylation sites (tertiary alicyclic amines) is 1. The predicted molar refractivity (Wildman–Crippen MR) is 94.0 cm³/mol. The molecular weight excluding hydrogens is 284 g/mol. The van der Waals surface area contributed by atoms with Crippen LogP contribution in [0.2, 0.25) is 0 Å². The number of phenolic OH excluding ortho intramolecular Hbond substituents is 1. The van der Waals surface area contributed by atoms with Crippen molar-refractivity contribution in [1.29, 1.82) is 0 Å². The van der Waals surface area contributed by atoms with Crippen molar-refractivity contribution in [1.82, 2.24) is 4.90 Å². The standard InChI is InChI=1S/C20H24N2O/c23-20-8-4-7-17(13-20)22-18-9-10-19(22)15-21(14-18)12-11-16-5-2-1-3-6-16/h1-8,13,18-19,23H,9-12,14-15H2. The summed E-state index contributed by atoms with van der Waals surface area (Å²) in [6.45, 7) is 3.42. The van der Waals surface area contributed by atoms with E-state index in [2.05, 4.69) is 46.2 Å². The normalized spacial score (nSPS) is 24.1. The van der Waals surface area contributed by atoms with Crippen molar-refractivity contribution in [2.75, 3.05) is 24.5 Å². The smallest absolute Gasteiger partial charge is 0.117 e. The van der Waals surface area contributed by atoms with Crippen molar-refractivity contribution in [2.24, 2.45) is 0 Å². The summed E-state index contributed by atoms with van der Waals surface area (Å²) in [4.78, 5) is 5.16. The van der Waals surface area contributed by atoms with Gasteiger partial charge in [0.1, 0.15) is 5.75 Å². The van der Waals surface area contributed by atoms with Gasteiger partial charge >= 0.3 is 0 Å². The maximum Gasteiger partial charge on any atom is 0.117 e. The van der Waals surface area contributed by atoms with Crippen LogP contribution >= 0.6 is 0 Å². The molecule has 0 saturated carbocycles. The van der Waals surface area contributed by atoms with Gasteiger partial charge in [-0.3, -0.25) is 4.90 Å². The van der Waals surface area contributed by atoms with Crippen LogP contribution in [0.15, 0.2) is 54.6 Å². The lowest BCUT2D eigenvalue weighted by Crippen LogP contribution is -2.54. The summed E-state index contributed by atoms with van der Waals surface area (Å²) in [5.41, 5.74) is 2.61. The highest BCUT2D eigenvalue weighted by Gasteiger charge is 2.39. The van der Waals surface area contributed by atoms with Gasteiger partial charge in [-0.15, -0.1) is 0 Å². The van der Waals surface area contributed by atoms with Crippen LogP contribution < -0.4 is 4.90 Å². The van der Waals surface area contributed by atoms with Crippen molar-refractivity contribution < 1.29 is 5.11 Å². The van der Waals surface area contributed by atoms with Crippen LogP contribution in [-0.4, -0.2) is 41.7 Å². The van der Waals surface area contributed by atoms with E-state index in [4.69, 9.17) is 0 Å². The Balaban J connectivity index is 1.42. The number of rotatable bonds is 4. The lowest BCUT2D eigenvalue weighted by Gasteiger charge is -2.42. The van der Waals surface area contributed by atoms with Crippen molar-refractivity contribution in [3.8, 4) is 5.75 Å². The van der Waals surface area contributed by atoms with E-state index in [1.165, 1.54) is 24.1 Å². The Morgan fingerprint density at radius 2 is 1.65 bits per heavy atom. The molecule has 120 valence electrons. The molecule has 0 amide bonds. The van der Waals surface area contributed by atoms with E-state index >= 15 is 0 Å². The Hall–Kier alpha value is -2.00. The number of benzene rings is 2. The summed E-state index contributed by atoms with van der Waals surface area (Å²) in [7, 11) is 0. The molecule has 4 rings (SSSR count). The number of anilines is 1. The van der Waals surface area contributed by atoms with Crippen LogP contribution in [0.5, 0.6) is 5.75 Å². The molecule has 0 aromatic heterocycles. The Morgan fingerprint density at radius 1 is 0.913 bits per heavy atom. The quantitative estimate of drug-likeness (QED) is 0.939. The molecule has 2 saturated heterocycles. The highest BCUT2D eigenvalue weighted by Crippen LogP contribution is 2.35. The Kier molecular flexibility index (Phi) is 3.96. The minimum atomic E-state index is 0.369. The van der Waals surface area contributed by atoms with Gasteiger partial charge in [0.25, 0.3) is 0 Å². The van der Waals surface area contributed by atoms with E-state index in [1.54, 1.807) is 6.07 Å². The fourth-order valence-electron chi connectivity index (χ4n) is 4.18. The number of hydrogen-bond donors (Lipinski definition) is 1. The molecule has 2 aliphatic rings. The second kappa shape index (κ2) is 6.25. The van der Waals surface area contributed by atoms with Crippen LogP contribution in [0.3, 0.4) is 0 Å². The molecule has 1 N–H and O–H groups in total. The monoisotopic (exact) mass is 308 g/mol. The van der Waals surface area contributed by atoms with Crippen molar-refractivity contribution in [3.63, 3.8) is 0 Å². The fraction of sp³-hybridized carbons (Fsp3) is 0.400. The third kappa shape index (κ3) is 3.06. The Morgan fingerprint density at radius 3 is 2.35 bits per heavy atom. The number of fused-ring (bicyclic) bond motifs is 2.